The molecule has 0 atom stereocenters. The maximum Gasteiger partial charge on any atom is 0.255 e. The van der Waals surface area contributed by atoms with Crippen LogP contribution < -0.4 is 21.9 Å². The van der Waals surface area contributed by atoms with E-state index in [4.69, 9.17) is 5.73 Å². The van der Waals surface area contributed by atoms with E-state index in [1.165, 1.54) is 6.92 Å². The predicted octanol–water partition coefficient (Wildman–Crippen LogP) is 4.09. The van der Waals surface area contributed by atoms with Gasteiger partial charge in [0.1, 0.15) is 0 Å². The molecule has 1 aromatic heterocycles. The zero-order chi connectivity index (χ0) is 18.7. The number of aromatic amines is 1. The minimum atomic E-state index is -0.207. The van der Waals surface area contributed by atoms with Gasteiger partial charge in [0, 0.05) is 34.5 Å². The molecule has 26 heavy (non-hydrogen) atoms. The Labute approximate surface area is 158 Å². The van der Waals surface area contributed by atoms with Crippen LogP contribution in [0.1, 0.15) is 6.92 Å². The van der Waals surface area contributed by atoms with E-state index in [9.17, 15) is 9.59 Å². The Morgan fingerprint density at radius 2 is 1.88 bits per heavy atom. The van der Waals surface area contributed by atoms with Gasteiger partial charge in [-0.1, -0.05) is 15.9 Å². The van der Waals surface area contributed by atoms with Crippen molar-refractivity contribution in [3.63, 3.8) is 0 Å². The number of halogens is 1. The van der Waals surface area contributed by atoms with Crippen molar-refractivity contribution >= 4 is 44.6 Å². The molecule has 7 heteroatoms. The summed E-state index contributed by atoms with van der Waals surface area (Å²) < 4.78 is 0.879. The molecule has 0 fully saturated rings. The predicted molar refractivity (Wildman–Crippen MR) is 109 cm³/mol. The summed E-state index contributed by atoms with van der Waals surface area (Å²) in [5, 5.41) is 5.99. The first kappa shape index (κ1) is 17.8. The molecule has 3 aromatic rings. The topological polar surface area (TPSA) is 100 Å². The van der Waals surface area contributed by atoms with E-state index < -0.39 is 0 Å². The highest BCUT2D eigenvalue weighted by Gasteiger charge is 2.09. The number of amides is 1. The van der Waals surface area contributed by atoms with Crippen LogP contribution in [-0.2, 0) is 4.79 Å². The van der Waals surface area contributed by atoms with Crippen molar-refractivity contribution in [2.75, 3.05) is 16.4 Å². The summed E-state index contributed by atoms with van der Waals surface area (Å²) in [5.41, 5.74) is 9.59. The van der Waals surface area contributed by atoms with Crippen LogP contribution >= 0.6 is 15.9 Å². The van der Waals surface area contributed by atoms with Crippen molar-refractivity contribution in [2.45, 2.75) is 6.92 Å². The fraction of sp³-hybridized carbons (Fsp3) is 0.0526. The molecule has 1 amide bonds. The molecule has 0 aliphatic rings. The maximum atomic E-state index is 12.1. The van der Waals surface area contributed by atoms with Crippen LogP contribution in [0.5, 0.6) is 0 Å². The van der Waals surface area contributed by atoms with E-state index in [2.05, 4.69) is 31.5 Å². The molecule has 0 spiro atoms. The highest BCUT2D eigenvalue weighted by atomic mass is 79.9. The third-order valence-corrected chi connectivity index (χ3v) is 4.17. The molecule has 132 valence electrons. The molecular formula is C19H17BrN4O2. The molecule has 2 aromatic carbocycles. The number of nitrogen functional groups attached to an aromatic ring is 1. The Morgan fingerprint density at radius 1 is 1.12 bits per heavy atom. The second-order valence-electron chi connectivity index (χ2n) is 5.75. The lowest BCUT2D eigenvalue weighted by atomic mass is 10.1. The van der Waals surface area contributed by atoms with Gasteiger partial charge in [-0.3, -0.25) is 9.59 Å². The second kappa shape index (κ2) is 7.45. The van der Waals surface area contributed by atoms with Gasteiger partial charge in [0.2, 0.25) is 5.91 Å². The van der Waals surface area contributed by atoms with E-state index in [0.29, 0.717) is 28.2 Å². The summed E-state index contributed by atoms with van der Waals surface area (Å²) >= 11 is 3.38. The Hall–Kier alpha value is -3.06. The Bertz CT molecular complexity index is 1030. The summed E-state index contributed by atoms with van der Waals surface area (Å²) in [6, 6.07) is 14.4. The molecule has 3 rings (SSSR count). The van der Waals surface area contributed by atoms with Gasteiger partial charge in [-0.05, 0) is 54.1 Å². The minimum absolute atomic E-state index is 0.196. The number of carbonyl (C=O) groups is 1. The number of H-pyrrole nitrogens is 1. The molecular weight excluding hydrogens is 396 g/mol. The lowest BCUT2D eigenvalue weighted by Gasteiger charge is -2.13. The van der Waals surface area contributed by atoms with Crippen LogP contribution in [0.4, 0.5) is 22.7 Å². The smallest absolute Gasteiger partial charge is 0.255 e. The second-order valence-corrected chi connectivity index (χ2v) is 6.67. The fourth-order valence-electron chi connectivity index (χ4n) is 2.58. The van der Waals surface area contributed by atoms with E-state index in [0.717, 1.165) is 10.2 Å². The summed E-state index contributed by atoms with van der Waals surface area (Å²) in [7, 11) is 0. The molecule has 0 saturated carbocycles. The lowest BCUT2D eigenvalue weighted by Crippen LogP contribution is -2.09. The number of carbonyl (C=O) groups excluding carboxylic acids is 1. The first-order valence-corrected chi connectivity index (χ1v) is 8.64. The summed E-state index contributed by atoms with van der Waals surface area (Å²) in [6.45, 7) is 1.43. The molecule has 0 saturated heterocycles. The Kier molecular flexibility index (Phi) is 5.09. The number of anilines is 4. The van der Waals surface area contributed by atoms with Crippen molar-refractivity contribution in [2.24, 2.45) is 0 Å². The van der Waals surface area contributed by atoms with Crippen LogP contribution in [0.2, 0.25) is 0 Å². The van der Waals surface area contributed by atoms with E-state index in [1.807, 2.05) is 18.2 Å². The molecule has 6 nitrogen and oxygen atoms in total. The highest BCUT2D eigenvalue weighted by Crippen LogP contribution is 2.30. The van der Waals surface area contributed by atoms with Crippen molar-refractivity contribution in [3.8, 4) is 11.1 Å². The van der Waals surface area contributed by atoms with Gasteiger partial charge in [0.05, 0.1) is 11.4 Å². The average Bonchev–Trinajstić information content (AvgIpc) is 2.57. The number of aromatic nitrogens is 1. The third-order valence-electron chi connectivity index (χ3n) is 3.68. The van der Waals surface area contributed by atoms with Crippen molar-refractivity contribution in [1.82, 2.24) is 4.98 Å². The van der Waals surface area contributed by atoms with Gasteiger partial charge in [0.15, 0.2) is 0 Å². The van der Waals surface area contributed by atoms with Crippen LogP contribution in [0.3, 0.4) is 0 Å². The number of benzene rings is 2. The van der Waals surface area contributed by atoms with Crippen LogP contribution in [0, 0.1) is 0 Å². The molecule has 0 unspecified atom stereocenters. The summed E-state index contributed by atoms with van der Waals surface area (Å²) in [6.07, 6.45) is 1.57. The number of nitrogens with two attached hydrogens (primary N) is 1. The largest absolute Gasteiger partial charge is 0.397 e. The fourth-order valence-corrected chi connectivity index (χ4v) is 2.96. The van der Waals surface area contributed by atoms with Crippen molar-refractivity contribution < 1.29 is 4.79 Å². The molecule has 0 radical (unpaired) electrons. The molecule has 0 bridgehead atoms. The number of rotatable bonds is 4. The van der Waals surface area contributed by atoms with E-state index >= 15 is 0 Å². The third kappa shape index (κ3) is 4.12. The standard InChI is InChI=1S/C19H17BrN4O2/c1-11(25)23-14-7-12(16-3-2-6-22-19(16)26)8-15(10-14)24-18-5-4-13(20)9-17(18)21/h2-10,24H,21H2,1H3,(H,22,26)(H,23,25). The first-order valence-electron chi connectivity index (χ1n) is 7.85. The van der Waals surface area contributed by atoms with E-state index in [1.54, 1.807) is 36.5 Å². The van der Waals surface area contributed by atoms with Gasteiger partial charge < -0.3 is 21.4 Å². The van der Waals surface area contributed by atoms with Gasteiger partial charge in [-0.2, -0.15) is 0 Å². The van der Waals surface area contributed by atoms with Crippen molar-refractivity contribution in [1.29, 1.82) is 0 Å². The maximum absolute atomic E-state index is 12.1. The van der Waals surface area contributed by atoms with Crippen LogP contribution in [0.25, 0.3) is 11.1 Å². The van der Waals surface area contributed by atoms with Gasteiger partial charge in [-0.15, -0.1) is 0 Å². The number of pyridine rings is 1. The summed E-state index contributed by atoms with van der Waals surface area (Å²) in [5.74, 6) is -0.196. The number of nitrogens with one attached hydrogen (secondary N) is 3. The molecule has 5 N–H and O–H groups in total. The van der Waals surface area contributed by atoms with Gasteiger partial charge in [-0.25, -0.2) is 0 Å². The molecule has 1 heterocycles. The first-order chi connectivity index (χ1) is 12.4. The Morgan fingerprint density at radius 3 is 2.58 bits per heavy atom. The van der Waals surface area contributed by atoms with E-state index in [-0.39, 0.29) is 11.5 Å². The zero-order valence-electron chi connectivity index (χ0n) is 14.0. The average molecular weight is 413 g/mol. The van der Waals surface area contributed by atoms with Gasteiger partial charge >= 0.3 is 0 Å². The SMILES string of the molecule is CC(=O)Nc1cc(Nc2ccc(Br)cc2N)cc(-c2ccc[nH]c2=O)c1. The Balaban J connectivity index is 2.06. The summed E-state index contributed by atoms with van der Waals surface area (Å²) in [4.78, 5) is 26.2. The normalized spacial score (nSPS) is 10.4. The van der Waals surface area contributed by atoms with Crippen LogP contribution in [-0.4, -0.2) is 10.9 Å². The quantitative estimate of drug-likeness (QED) is 0.484. The minimum Gasteiger partial charge on any atom is -0.397 e. The van der Waals surface area contributed by atoms with Gasteiger partial charge in [0.25, 0.3) is 5.56 Å². The van der Waals surface area contributed by atoms with Crippen molar-refractivity contribution in [3.05, 3.63) is 69.6 Å². The number of hydrogen-bond acceptors (Lipinski definition) is 4. The highest BCUT2D eigenvalue weighted by molar-refractivity contribution is 9.10. The molecule has 0 aliphatic carbocycles. The molecule has 0 aliphatic heterocycles. The number of hydrogen-bond donors (Lipinski definition) is 4. The monoisotopic (exact) mass is 412 g/mol. The van der Waals surface area contributed by atoms with Crippen LogP contribution in [0.15, 0.2) is 64.0 Å². The lowest BCUT2D eigenvalue weighted by molar-refractivity contribution is -0.114. The zero-order valence-corrected chi connectivity index (χ0v) is 15.6.